The van der Waals surface area contributed by atoms with Crippen molar-refractivity contribution in [2.24, 2.45) is 0 Å². The highest BCUT2D eigenvalue weighted by molar-refractivity contribution is 6.31. The Balaban J connectivity index is 1.31. The summed E-state index contributed by atoms with van der Waals surface area (Å²) in [6.45, 7) is 3.33. The van der Waals surface area contributed by atoms with Crippen molar-refractivity contribution in [3.05, 3.63) is 40.8 Å². The number of nitrogens with one attached hydrogen (secondary N) is 1. The van der Waals surface area contributed by atoms with E-state index in [0.717, 1.165) is 57.3 Å². The summed E-state index contributed by atoms with van der Waals surface area (Å²) in [6.07, 6.45) is 6.19. The highest BCUT2D eigenvalue weighted by Crippen LogP contribution is 2.48. The Bertz CT molecular complexity index is 1410. The quantitative estimate of drug-likeness (QED) is 0.435. The number of anilines is 1. The van der Waals surface area contributed by atoms with Crippen LogP contribution in [0, 0.1) is 5.82 Å². The number of halogens is 3. The Kier molecular flexibility index (Phi) is 6.36. The van der Waals surface area contributed by atoms with Gasteiger partial charge in [-0.25, -0.2) is 8.78 Å². The average Bonchev–Trinajstić information content (AvgIpc) is 3.31. The SMILES string of the molecule is CN(c1nc(OC[C@@]23CCCN2C[C@H](F)C3)nc2c(F)c(-c3cccc(Cl)c3C3CC3)ncc12)[C@@H]1CCNC1. The van der Waals surface area contributed by atoms with Crippen LogP contribution < -0.4 is 15.0 Å². The van der Waals surface area contributed by atoms with E-state index in [1.54, 1.807) is 6.20 Å². The summed E-state index contributed by atoms with van der Waals surface area (Å²) >= 11 is 6.57. The molecule has 7 rings (SSSR count). The van der Waals surface area contributed by atoms with Gasteiger partial charge in [-0.2, -0.15) is 9.97 Å². The van der Waals surface area contributed by atoms with Crippen molar-refractivity contribution < 1.29 is 13.5 Å². The fourth-order valence-electron chi connectivity index (χ4n) is 6.86. The molecule has 3 aromatic rings. The summed E-state index contributed by atoms with van der Waals surface area (Å²) in [7, 11) is 1.97. The molecule has 3 saturated heterocycles. The molecule has 10 heteroatoms. The number of hydrogen-bond acceptors (Lipinski definition) is 7. The van der Waals surface area contributed by atoms with Crippen molar-refractivity contribution in [1.29, 1.82) is 0 Å². The number of benzene rings is 1. The molecule has 1 aromatic carbocycles. The van der Waals surface area contributed by atoms with Gasteiger partial charge in [-0.3, -0.25) is 9.88 Å². The summed E-state index contributed by atoms with van der Waals surface area (Å²) in [5.74, 6) is 0.407. The Hall–Kier alpha value is -2.62. The van der Waals surface area contributed by atoms with Crippen molar-refractivity contribution in [3.63, 3.8) is 0 Å². The molecule has 4 aliphatic rings. The minimum atomic E-state index is -0.854. The maximum Gasteiger partial charge on any atom is 0.319 e. The Morgan fingerprint density at radius 3 is 2.92 bits per heavy atom. The first-order valence-corrected chi connectivity index (χ1v) is 14.4. The largest absolute Gasteiger partial charge is 0.461 e. The van der Waals surface area contributed by atoms with Gasteiger partial charge in [0.05, 0.1) is 10.9 Å². The maximum atomic E-state index is 16.4. The van der Waals surface area contributed by atoms with Gasteiger partial charge in [0.2, 0.25) is 0 Å². The second-order valence-corrected chi connectivity index (χ2v) is 12.0. The van der Waals surface area contributed by atoms with E-state index in [9.17, 15) is 4.39 Å². The van der Waals surface area contributed by atoms with Crippen molar-refractivity contribution in [3.8, 4) is 17.3 Å². The maximum absolute atomic E-state index is 16.4. The standard InChI is InChI=1S/C29H33ClF2N6O/c1-37(19-8-10-33-13-19)27-21-14-34-25(20-4-2-5-22(30)23(20)17-6-7-17)24(32)26(21)35-28(36-27)39-16-29-9-3-11-38(29)15-18(31)12-29/h2,4-5,14,17-19,33H,3,6-13,15-16H2,1H3/t18-,19-,29+/m1/s1. The molecule has 206 valence electrons. The number of aromatic nitrogens is 3. The van der Waals surface area contributed by atoms with Crippen LogP contribution in [0.1, 0.15) is 50.0 Å². The van der Waals surface area contributed by atoms with Crippen molar-refractivity contribution >= 4 is 28.3 Å². The first-order valence-electron chi connectivity index (χ1n) is 14.0. The van der Waals surface area contributed by atoms with E-state index >= 15 is 4.39 Å². The van der Waals surface area contributed by atoms with E-state index < -0.39 is 12.0 Å². The van der Waals surface area contributed by atoms with Crippen LogP contribution >= 0.6 is 11.6 Å². The number of hydrogen-bond donors (Lipinski definition) is 1. The van der Waals surface area contributed by atoms with Gasteiger partial charge in [0.15, 0.2) is 5.82 Å². The van der Waals surface area contributed by atoms with Crippen LogP contribution in [0.5, 0.6) is 6.01 Å². The summed E-state index contributed by atoms with van der Waals surface area (Å²) in [5.41, 5.74) is 1.73. The zero-order chi connectivity index (χ0) is 26.7. The van der Waals surface area contributed by atoms with Crippen LogP contribution in [0.4, 0.5) is 14.6 Å². The molecule has 0 spiro atoms. The van der Waals surface area contributed by atoms with Crippen LogP contribution in [0.25, 0.3) is 22.2 Å². The van der Waals surface area contributed by atoms with Crippen LogP contribution in [-0.4, -0.2) is 77.4 Å². The van der Waals surface area contributed by atoms with Gasteiger partial charge < -0.3 is 15.0 Å². The third-order valence-corrected chi connectivity index (χ3v) is 9.41. The van der Waals surface area contributed by atoms with Gasteiger partial charge in [0.25, 0.3) is 0 Å². The minimum Gasteiger partial charge on any atom is -0.461 e. The summed E-state index contributed by atoms with van der Waals surface area (Å²) in [6, 6.07) is 5.89. The van der Waals surface area contributed by atoms with E-state index in [1.165, 1.54) is 0 Å². The third-order valence-electron chi connectivity index (χ3n) is 9.08. The highest BCUT2D eigenvalue weighted by Gasteiger charge is 2.49. The molecule has 1 N–H and O–H groups in total. The lowest BCUT2D eigenvalue weighted by molar-refractivity contribution is 0.107. The minimum absolute atomic E-state index is 0.114. The zero-order valence-corrected chi connectivity index (χ0v) is 22.9. The van der Waals surface area contributed by atoms with Crippen LogP contribution in [0.3, 0.4) is 0 Å². The van der Waals surface area contributed by atoms with Crippen LogP contribution in [0.2, 0.25) is 5.02 Å². The van der Waals surface area contributed by atoms with E-state index in [2.05, 4.69) is 25.1 Å². The monoisotopic (exact) mass is 554 g/mol. The fourth-order valence-corrected chi connectivity index (χ4v) is 7.19. The lowest BCUT2D eigenvalue weighted by Gasteiger charge is -2.31. The number of nitrogens with zero attached hydrogens (tertiary/aromatic N) is 5. The molecule has 39 heavy (non-hydrogen) atoms. The van der Waals surface area contributed by atoms with E-state index in [4.69, 9.17) is 21.3 Å². The van der Waals surface area contributed by atoms with Crippen LogP contribution in [0.15, 0.2) is 24.4 Å². The highest BCUT2D eigenvalue weighted by atomic mass is 35.5. The molecule has 0 radical (unpaired) electrons. The summed E-state index contributed by atoms with van der Waals surface area (Å²) in [4.78, 5) is 18.2. The number of alkyl halides is 1. The fraction of sp³-hybridized carbons (Fsp3) is 0.552. The first kappa shape index (κ1) is 25.4. The number of pyridine rings is 1. The van der Waals surface area contributed by atoms with E-state index in [-0.39, 0.29) is 35.4 Å². The second kappa shape index (κ2) is 9.78. The lowest BCUT2D eigenvalue weighted by Crippen LogP contribution is -2.43. The zero-order valence-electron chi connectivity index (χ0n) is 22.1. The van der Waals surface area contributed by atoms with Gasteiger partial charge in [0.1, 0.15) is 29.8 Å². The summed E-state index contributed by atoms with van der Waals surface area (Å²) < 4.78 is 37.0. The van der Waals surface area contributed by atoms with Gasteiger partial charge in [-0.15, -0.1) is 0 Å². The summed E-state index contributed by atoms with van der Waals surface area (Å²) in [5, 5.41) is 4.57. The molecule has 3 atom stereocenters. The Morgan fingerprint density at radius 2 is 2.13 bits per heavy atom. The van der Waals surface area contributed by atoms with Gasteiger partial charge >= 0.3 is 6.01 Å². The van der Waals surface area contributed by atoms with Gasteiger partial charge in [-0.05, 0) is 62.7 Å². The van der Waals surface area contributed by atoms with E-state index in [0.29, 0.717) is 40.7 Å². The molecule has 1 saturated carbocycles. The van der Waals surface area contributed by atoms with E-state index in [1.807, 2.05) is 25.2 Å². The molecule has 0 unspecified atom stereocenters. The Labute approximate surface area is 231 Å². The molecule has 2 aromatic heterocycles. The van der Waals surface area contributed by atoms with Crippen molar-refractivity contribution in [1.82, 2.24) is 25.2 Å². The average molecular weight is 555 g/mol. The third kappa shape index (κ3) is 4.43. The number of fused-ring (bicyclic) bond motifs is 2. The molecule has 0 amide bonds. The smallest absolute Gasteiger partial charge is 0.319 e. The van der Waals surface area contributed by atoms with Gasteiger partial charge in [0, 0.05) is 49.4 Å². The number of rotatable bonds is 7. The van der Waals surface area contributed by atoms with Crippen molar-refractivity contribution in [2.75, 3.05) is 44.7 Å². The number of likely N-dealkylation sites (N-methyl/N-ethyl adjacent to an activating group) is 1. The Morgan fingerprint density at radius 1 is 1.26 bits per heavy atom. The molecule has 1 aliphatic carbocycles. The van der Waals surface area contributed by atoms with Crippen molar-refractivity contribution in [2.45, 2.75) is 62.2 Å². The molecule has 0 bridgehead atoms. The molecular formula is C29H33ClF2N6O. The van der Waals surface area contributed by atoms with Crippen LogP contribution in [-0.2, 0) is 0 Å². The first-order chi connectivity index (χ1) is 18.9. The molecule has 3 aliphatic heterocycles. The van der Waals surface area contributed by atoms with Gasteiger partial charge in [-0.1, -0.05) is 23.7 Å². The topological polar surface area (TPSA) is 66.4 Å². The molecule has 7 nitrogen and oxygen atoms in total. The number of ether oxygens (including phenoxy) is 1. The molecule has 5 heterocycles. The normalized spacial score (nSPS) is 26.9. The predicted molar refractivity (Wildman–Crippen MR) is 148 cm³/mol. The lowest BCUT2D eigenvalue weighted by atomic mass is 9.95. The predicted octanol–water partition coefficient (Wildman–Crippen LogP) is 5.12. The molecule has 4 fully saturated rings. The molecular weight excluding hydrogens is 522 g/mol. The second-order valence-electron chi connectivity index (χ2n) is 11.6.